The number of amides is 1. The van der Waals surface area contributed by atoms with Crippen LogP contribution in [0.3, 0.4) is 0 Å². The van der Waals surface area contributed by atoms with E-state index in [4.69, 9.17) is 4.74 Å². The maximum Gasteiger partial charge on any atom is 0.237 e. The second-order valence-corrected chi connectivity index (χ2v) is 4.42. The maximum absolute atomic E-state index is 11.5. The molecule has 0 aliphatic carbocycles. The number of rotatable bonds is 3. The molecule has 0 aromatic carbocycles. The van der Waals surface area contributed by atoms with Crippen molar-refractivity contribution in [3.05, 3.63) is 0 Å². The van der Waals surface area contributed by atoms with Crippen LogP contribution in [0.5, 0.6) is 0 Å². The first-order valence-corrected chi connectivity index (χ1v) is 5.35. The van der Waals surface area contributed by atoms with Crippen molar-refractivity contribution < 1.29 is 9.53 Å². The van der Waals surface area contributed by atoms with Crippen molar-refractivity contribution in [2.45, 2.75) is 37.8 Å². The molecule has 0 radical (unpaired) electrons. The smallest absolute Gasteiger partial charge is 0.237 e. The van der Waals surface area contributed by atoms with Crippen LogP contribution >= 0.6 is 0 Å². The first-order valence-electron chi connectivity index (χ1n) is 5.35. The highest BCUT2D eigenvalue weighted by molar-refractivity contribution is 5.82. The first kappa shape index (κ1) is 9.93. The highest BCUT2D eigenvalue weighted by Gasteiger charge is 2.32. The van der Waals surface area contributed by atoms with Gasteiger partial charge in [-0.1, -0.05) is 0 Å². The Morgan fingerprint density at radius 3 is 3.00 bits per heavy atom. The van der Waals surface area contributed by atoms with Crippen molar-refractivity contribution in [2.75, 3.05) is 19.7 Å². The molecule has 4 heteroatoms. The number of carbonyl (C=O) groups is 1. The van der Waals surface area contributed by atoms with E-state index in [1.807, 2.05) is 0 Å². The van der Waals surface area contributed by atoms with E-state index in [-0.39, 0.29) is 17.6 Å². The van der Waals surface area contributed by atoms with Gasteiger partial charge in [0.05, 0.1) is 11.6 Å². The van der Waals surface area contributed by atoms with Gasteiger partial charge >= 0.3 is 0 Å². The van der Waals surface area contributed by atoms with Crippen molar-refractivity contribution in [3.8, 4) is 0 Å². The van der Waals surface area contributed by atoms with Crippen LogP contribution in [-0.4, -0.2) is 37.2 Å². The molecule has 1 amide bonds. The molecule has 0 aromatic rings. The Labute approximate surface area is 84.4 Å². The highest BCUT2D eigenvalue weighted by Crippen LogP contribution is 2.23. The monoisotopic (exact) mass is 198 g/mol. The summed E-state index contributed by atoms with van der Waals surface area (Å²) in [4.78, 5) is 11.5. The molecular formula is C10H18N2O2. The normalized spacial score (nSPS) is 36.5. The molecule has 0 aromatic heterocycles. The van der Waals surface area contributed by atoms with Gasteiger partial charge in [0.1, 0.15) is 0 Å². The lowest BCUT2D eigenvalue weighted by Crippen LogP contribution is -2.55. The van der Waals surface area contributed by atoms with E-state index in [2.05, 4.69) is 17.6 Å². The Bertz CT molecular complexity index is 220. The van der Waals surface area contributed by atoms with Crippen LogP contribution < -0.4 is 10.6 Å². The molecule has 0 saturated carbocycles. The topological polar surface area (TPSA) is 50.4 Å². The van der Waals surface area contributed by atoms with Gasteiger partial charge in [-0.25, -0.2) is 0 Å². The van der Waals surface area contributed by atoms with Crippen LogP contribution in [0.2, 0.25) is 0 Å². The molecule has 80 valence electrons. The Hall–Kier alpha value is -0.610. The van der Waals surface area contributed by atoms with Crippen molar-refractivity contribution in [3.63, 3.8) is 0 Å². The summed E-state index contributed by atoms with van der Waals surface area (Å²) in [6.45, 7) is 4.50. The molecule has 2 aliphatic rings. The van der Waals surface area contributed by atoms with E-state index in [1.165, 1.54) is 0 Å². The third kappa shape index (κ3) is 2.07. The maximum atomic E-state index is 11.5. The lowest BCUT2D eigenvalue weighted by molar-refractivity contribution is -0.126. The van der Waals surface area contributed by atoms with Gasteiger partial charge in [0.25, 0.3) is 0 Å². The minimum atomic E-state index is -0.126. The van der Waals surface area contributed by atoms with Gasteiger partial charge < -0.3 is 15.4 Å². The van der Waals surface area contributed by atoms with Gasteiger partial charge in [-0.3, -0.25) is 4.79 Å². The van der Waals surface area contributed by atoms with E-state index in [0.717, 1.165) is 32.4 Å². The zero-order chi connectivity index (χ0) is 10.0. The molecule has 2 heterocycles. The fourth-order valence-electron chi connectivity index (χ4n) is 1.89. The molecule has 0 spiro atoms. The summed E-state index contributed by atoms with van der Waals surface area (Å²) < 4.78 is 5.59. The Morgan fingerprint density at radius 1 is 1.71 bits per heavy atom. The molecule has 1 unspecified atom stereocenters. The number of hydrogen-bond acceptors (Lipinski definition) is 3. The molecule has 0 bridgehead atoms. The van der Waals surface area contributed by atoms with Crippen molar-refractivity contribution in [1.29, 1.82) is 0 Å². The average molecular weight is 198 g/mol. The molecule has 2 saturated heterocycles. The minimum Gasteiger partial charge on any atom is -0.373 e. The van der Waals surface area contributed by atoms with Gasteiger partial charge in [0.15, 0.2) is 0 Å². The SMILES string of the molecule is CC1(CNC(=O)[C@H]2CCN2)CCCO1. The summed E-state index contributed by atoms with van der Waals surface area (Å²) in [6, 6.07) is 0.0417. The zero-order valence-corrected chi connectivity index (χ0v) is 8.64. The Morgan fingerprint density at radius 2 is 2.50 bits per heavy atom. The predicted molar refractivity (Wildman–Crippen MR) is 53.0 cm³/mol. The van der Waals surface area contributed by atoms with Gasteiger partial charge in [-0.15, -0.1) is 0 Å². The molecule has 4 nitrogen and oxygen atoms in total. The van der Waals surface area contributed by atoms with Gasteiger partial charge in [0.2, 0.25) is 5.91 Å². The summed E-state index contributed by atoms with van der Waals surface area (Å²) in [7, 11) is 0. The summed E-state index contributed by atoms with van der Waals surface area (Å²) in [5.74, 6) is 0.118. The van der Waals surface area contributed by atoms with E-state index in [9.17, 15) is 4.79 Å². The highest BCUT2D eigenvalue weighted by atomic mass is 16.5. The van der Waals surface area contributed by atoms with Gasteiger partial charge in [-0.2, -0.15) is 0 Å². The lowest BCUT2D eigenvalue weighted by atomic mass is 10.0. The molecular weight excluding hydrogens is 180 g/mol. The van der Waals surface area contributed by atoms with Crippen LogP contribution in [0.4, 0.5) is 0 Å². The number of nitrogens with one attached hydrogen (secondary N) is 2. The first-order chi connectivity index (χ1) is 6.70. The number of carbonyl (C=O) groups excluding carboxylic acids is 1. The van der Waals surface area contributed by atoms with Crippen LogP contribution in [0.25, 0.3) is 0 Å². The second-order valence-electron chi connectivity index (χ2n) is 4.42. The standard InChI is InChI=1S/C10H18N2O2/c1-10(4-2-6-14-10)7-12-9(13)8-3-5-11-8/h8,11H,2-7H2,1H3,(H,12,13)/t8-,10?/m1/s1. The predicted octanol–water partition coefficient (Wildman–Crippen LogP) is 0.0336. The Kier molecular flexibility index (Phi) is 2.74. The van der Waals surface area contributed by atoms with E-state index in [0.29, 0.717) is 6.54 Å². The third-order valence-electron chi connectivity index (χ3n) is 3.08. The van der Waals surface area contributed by atoms with Gasteiger partial charge in [0, 0.05) is 13.2 Å². The quantitative estimate of drug-likeness (QED) is 0.673. The van der Waals surface area contributed by atoms with Gasteiger partial charge in [-0.05, 0) is 32.7 Å². The summed E-state index contributed by atoms with van der Waals surface area (Å²) in [5, 5.41) is 6.02. The van der Waals surface area contributed by atoms with Crippen LogP contribution in [-0.2, 0) is 9.53 Å². The molecule has 14 heavy (non-hydrogen) atoms. The average Bonchev–Trinajstić information content (AvgIpc) is 2.47. The van der Waals surface area contributed by atoms with E-state index < -0.39 is 0 Å². The largest absolute Gasteiger partial charge is 0.373 e. The number of hydrogen-bond donors (Lipinski definition) is 2. The molecule has 2 aliphatic heterocycles. The second kappa shape index (κ2) is 3.87. The Balaban J connectivity index is 1.72. The molecule has 2 fully saturated rings. The fourth-order valence-corrected chi connectivity index (χ4v) is 1.89. The third-order valence-corrected chi connectivity index (χ3v) is 3.08. The summed E-state index contributed by atoms with van der Waals surface area (Å²) in [6.07, 6.45) is 3.11. The van der Waals surface area contributed by atoms with Crippen molar-refractivity contribution >= 4 is 5.91 Å². The van der Waals surface area contributed by atoms with Crippen molar-refractivity contribution in [2.24, 2.45) is 0 Å². The van der Waals surface area contributed by atoms with E-state index >= 15 is 0 Å². The zero-order valence-electron chi connectivity index (χ0n) is 8.64. The summed E-state index contributed by atoms with van der Waals surface area (Å²) in [5.41, 5.74) is -0.126. The molecule has 2 N–H and O–H groups in total. The van der Waals surface area contributed by atoms with Crippen LogP contribution in [0.1, 0.15) is 26.2 Å². The number of ether oxygens (including phenoxy) is 1. The summed E-state index contributed by atoms with van der Waals surface area (Å²) >= 11 is 0. The van der Waals surface area contributed by atoms with Crippen LogP contribution in [0.15, 0.2) is 0 Å². The minimum absolute atomic E-state index is 0.0417. The van der Waals surface area contributed by atoms with Crippen molar-refractivity contribution in [1.82, 2.24) is 10.6 Å². The molecule has 2 atom stereocenters. The lowest BCUT2D eigenvalue weighted by Gasteiger charge is -2.29. The fraction of sp³-hybridized carbons (Fsp3) is 0.900. The van der Waals surface area contributed by atoms with Crippen LogP contribution in [0, 0.1) is 0 Å². The molecule has 2 rings (SSSR count). The van der Waals surface area contributed by atoms with E-state index in [1.54, 1.807) is 0 Å².